The van der Waals surface area contributed by atoms with Gasteiger partial charge in [-0.2, -0.15) is 0 Å². The first-order valence-electron chi connectivity index (χ1n) is 6.77. The lowest BCUT2D eigenvalue weighted by Gasteiger charge is -2.13. The maximum atomic E-state index is 11.8. The van der Waals surface area contributed by atoms with Gasteiger partial charge in [-0.3, -0.25) is 4.79 Å². The Morgan fingerprint density at radius 1 is 1.47 bits per heavy atom. The monoisotopic (exact) mass is 262 g/mol. The van der Waals surface area contributed by atoms with E-state index in [-0.39, 0.29) is 11.3 Å². The fourth-order valence-corrected chi connectivity index (χ4v) is 2.09. The van der Waals surface area contributed by atoms with E-state index in [4.69, 9.17) is 10.5 Å². The van der Waals surface area contributed by atoms with Crippen LogP contribution in [0.3, 0.4) is 0 Å². The molecule has 1 fully saturated rings. The van der Waals surface area contributed by atoms with E-state index in [0.29, 0.717) is 13.0 Å². The number of methoxy groups -OCH3 is 1. The smallest absolute Gasteiger partial charge is 0.220 e. The second-order valence-electron chi connectivity index (χ2n) is 5.33. The van der Waals surface area contributed by atoms with Gasteiger partial charge in [0.2, 0.25) is 5.91 Å². The van der Waals surface area contributed by atoms with Gasteiger partial charge in [-0.25, -0.2) is 0 Å². The van der Waals surface area contributed by atoms with Crippen molar-refractivity contribution >= 4 is 5.91 Å². The lowest BCUT2D eigenvalue weighted by Crippen LogP contribution is -2.33. The van der Waals surface area contributed by atoms with Crippen LogP contribution in [0.25, 0.3) is 0 Å². The molecule has 104 valence electrons. The van der Waals surface area contributed by atoms with Crippen LogP contribution in [0, 0.1) is 5.41 Å². The Bertz CT molecular complexity index is 442. The minimum atomic E-state index is 0.0996. The third-order valence-electron chi connectivity index (χ3n) is 3.83. The van der Waals surface area contributed by atoms with Crippen molar-refractivity contribution in [1.29, 1.82) is 0 Å². The first kappa shape index (κ1) is 13.9. The van der Waals surface area contributed by atoms with E-state index in [9.17, 15) is 4.79 Å². The van der Waals surface area contributed by atoms with Gasteiger partial charge in [-0.1, -0.05) is 12.1 Å². The van der Waals surface area contributed by atoms with Gasteiger partial charge in [0.25, 0.3) is 0 Å². The molecular weight excluding hydrogens is 240 g/mol. The molecule has 0 heterocycles. The number of hydrogen-bond acceptors (Lipinski definition) is 3. The van der Waals surface area contributed by atoms with E-state index in [1.165, 1.54) is 0 Å². The number of nitrogens with one attached hydrogen (secondary N) is 1. The molecule has 2 rings (SSSR count). The van der Waals surface area contributed by atoms with Gasteiger partial charge >= 0.3 is 0 Å². The highest BCUT2D eigenvalue weighted by Gasteiger charge is 2.41. The van der Waals surface area contributed by atoms with Crippen LogP contribution < -0.4 is 15.8 Å². The number of carbonyl (C=O) groups is 1. The zero-order chi connectivity index (χ0) is 13.7. The Hall–Kier alpha value is -1.55. The number of carbonyl (C=O) groups excluding carboxylic acids is 1. The van der Waals surface area contributed by atoms with Crippen LogP contribution in [0.2, 0.25) is 0 Å². The van der Waals surface area contributed by atoms with Crippen molar-refractivity contribution in [3.8, 4) is 5.75 Å². The van der Waals surface area contributed by atoms with E-state index in [2.05, 4.69) is 5.32 Å². The molecule has 4 heteroatoms. The highest BCUT2D eigenvalue weighted by molar-refractivity contribution is 5.76. The van der Waals surface area contributed by atoms with Crippen LogP contribution >= 0.6 is 0 Å². The third kappa shape index (κ3) is 3.96. The molecule has 1 aromatic carbocycles. The molecule has 1 aliphatic rings. The third-order valence-corrected chi connectivity index (χ3v) is 3.83. The fourth-order valence-electron chi connectivity index (χ4n) is 2.09. The molecule has 0 unspecified atom stereocenters. The molecule has 1 amide bonds. The van der Waals surface area contributed by atoms with Gasteiger partial charge in [0.05, 0.1) is 7.11 Å². The summed E-state index contributed by atoms with van der Waals surface area (Å²) in [4.78, 5) is 11.8. The second kappa shape index (κ2) is 6.06. The summed E-state index contributed by atoms with van der Waals surface area (Å²) in [6.07, 6.45) is 3.52. The first-order valence-corrected chi connectivity index (χ1v) is 6.77. The fraction of sp³-hybridized carbons (Fsp3) is 0.533. The molecule has 19 heavy (non-hydrogen) atoms. The first-order chi connectivity index (χ1) is 9.17. The highest BCUT2D eigenvalue weighted by Crippen LogP contribution is 2.43. The molecule has 1 aliphatic carbocycles. The molecule has 0 aliphatic heterocycles. The number of nitrogens with two attached hydrogens (primary N) is 1. The van der Waals surface area contributed by atoms with Crippen molar-refractivity contribution in [3.05, 3.63) is 29.8 Å². The summed E-state index contributed by atoms with van der Waals surface area (Å²) in [7, 11) is 1.65. The Kier molecular flexibility index (Phi) is 4.43. The van der Waals surface area contributed by atoms with Gasteiger partial charge in [0.1, 0.15) is 5.75 Å². The predicted octanol–water partition coefficient (Wildman–Crippen LogP) is 1.48. The number of benzene rings is 1. The second-order valence-corrected chi connectivity index (χ2v) is 5.33. The maximum absolute atomic E-state index is 11.8. The number of aryl methyl sites for hydroxylation is 1. The van der Waals surface area contributed by atoms with Gasteiger partial charge < -0.3 is 15.8 Å². The van der Waals surface area contributed by atoms with Crippen molar-refractivity contribution < 1.29 is 9.53 Å². The topological polar surface area (TPSA) is 64.3 Å². The van der Waals surface area contributed by atoms with E-state index in [1.807, 2.05) is 24.3 Å². The lowest BCUT2D eigenvalue weighted by molar-refractivity contribution is -0.121. The molecule has 0 spiro atoms. The van der Waals surface area contributed by atoms with Gasteiger partial charge in [-0.05, 0) is 48.9 Å². The molecular formula is C15H22N2O2. The van der Waals surface area contributed by atoms with Crippen LogP contribution in [0.5, 0.6) is 5.75 Å². The van der Waals surface area contributed by atoms with Crippen molar-refractivity contribution in [2.24, 2.45) is 11.1 Å². The molecule has 0 aromatic heterocycles. The zero-order valence-corrected chi connectivity index (χ0v) is 11.4. The van der Waals surface area contributed by atoms with Crippen molar-refractivity contribution in [3.63, 3.8) is 0 Å². The van der Waals surface area contributed by atoms with E-state index >= 15 is 0 Å². The summed E-state index contributed by atoms with van der Waals surface area (Å²) in [5, 5.41) is 2.99. The minimum Gasteiger partial charge on any atom is -0.497 e. The summed E-state index contributed by atoms with van der Waals surface area (Å²) in [5.74, 6) is 0.931. The van der Waals surface area contributed by atoms with Crippen LogP contribution in [0.1, 0.15) is 24.8 Å². The number of rotatable bonds is 7. The molecule has 0 bridgehead atoms. The highest BCUT2D eigenvalue weighted by atomic mass is 16.5. The summed E-state index contributed by atoms with van der Waals surface area (Å²) >= 11 is 0. The summed E-state index contributed by atoms with van der Waals surface area (Å²) in [5.41, 5.74) is 7.01. The summed E-state index contributed by atoms with van der Waals surface area (Å²) in [6.45, 7) is 1.39. The van der Waals surface area contributed by atoms with Crippen LogP contribution in [0.15, 0.2) is 24.3 Å². The zero-order valence-electron chi connectivity index (χ0n) is 11.4. The number of ether oxygens (including phenoxy) is 1. The predicted molar refractivity (Wildman–Crippen MR) is 75.0 cm³/mol. The standard InChI is InChI=1S/C15H22N2O2/c1-19-13-4-2-3-12(9-13)5-6-14(18)17-11-15(10-16)7-8-15/h2-4,9H,5-8,10-11,16H2,1H3,(H,17,18). The summed E-state index contributed by atoms with van der Waals surface area (Å²) in [6, 6.07) is 7.83. The van der Waals surface area contributed by atoms with Crippen molar-refractivity contribution in [1.82, 2.24) is 5.32 Å². The van der Waals surface area contributed by atoms with E-state index in [1.54, 1.807) is 7.11 Å². The average molecular weight is 262 g/mol. The van der Waals surface area contributed by atoms with E-state index < -0.39 is 0 Å². The van der Waals surface area contributed by atoms with Gasteiger partial charge in [0.15, 0.2) is 0 Å². The Morgan fingerprint density at radius 3 is 2.89 bits per heavy atom. The molecule has 1 aromatic rings. The van der Waals surface area contributed by atoms with Crippen molar-refractivity contribution in [2.75, 3.05) is 20.2 Å². The summed E-state index contributed by atoms with van der Waals surface area (Å²) < 4.78 is 5.16. The van der Waals surface area contributed by atoms with Gasteiger partial charge in [0, 0.05) is 13.0 Å². The number of amides is 1. The Balaban J connectivity index is 1.73. The van der Waals surface area contributed by atoms with E-state index in [0.717, 1.165) is 37.1 Å². The molecule has 0 saturated heterocycles. The lowest BCUT2D eigenvalue weighted by atomic mass is 10.1. The average Bonchev–Trinajstić information content (AvgIpc) is 3.24. The SMILES string of the molecule is COc1cccc(CCC(=O)NCC2(CN)CC2)c1. The van der Waals surface area contributed by atoms with Crippen molar-refractivity contribution in [2.45, 2.75) is 25.7 Å². The normalized spacial score (nSPS) is 15.9. The molecule has 4 nitrogen and oxygen atoms in total. The number of hydrogen-bond donors (Lipinski definition) is 2. The molecule has 3 N–H and O–H groups in total. The Morgan fingerprint density at radius 2 is 2.26 bits per heavy atom. The van der Waals surface area contributed by atoms with Crippen LogP contribution in [-0.2, 0) is 11.2 Å². The van der Waals surface area contributed by atoms with Gasteiger partial charge in [-0.15, -0.1) is 0 Å². The largest absolute Gasteiger partial charge is 0.497 e. The maximum Gasteiger partial charge on any atom is 0.220 e. The minimum absolute atomic E-state index is 0.0996. The Labute approximate surface area is 114 Å². The molecule has 0 atom stereocenters. The molecule has 1 saturated carbocycles. The quantitative estimate of drug-likeness (QED) is 0.782. The van der Waals surface area contributed by atoms with Crippen LogP contribution in [-0.4, -0.2) is 26.1 Å². The van der Waals surface area contributed by atoms with Crippen LogP contribution in [0.4, 0.5) is 0 Å². The molecule has 0 radical (unpaired) electrons.